The summed E-state index contributed by atoms with van der Waals surface area (Å²) in [5.41, 5.74) is 6.32. The fourth-order valence-electron chi connectivity index (χ4n) is 1.07. The predicted molar refractivity (Wildman–Crippen MR) is 69.7 cm³/mol. The number of anilines is 1. The third kappa shape index (κ3) is 2.62. The number of hydrogen-bond donors (Lipinski definition) is 1. The van der Waals surface area contributed by atoms with Crippen molar-refractivity contribution in [2.24, 2.45) is 0 Å². The van der Waals surface area contributed by atoms with Crippen LogP contribution in [0.2, 0.25) is 0 Å². The maximum absolute atomic E-state index is 13.3. The first kappa shape index (κ1) is 11.6. The molecule has 0 bridgehead atoms. The predicted octanol–water partition coefficient (Wildman–Crippen LogP) is 2.95. The van der Waals surface area contributed by atoms with Gasteiger partial charge in [0.05, 0.1) is 3.57 Å². The molecular weight excluding hydrogens is 340 g/mol. The minimum Gasteiger partial charge on any atom is -0.398 e. The van der Waals surface area contributed by atoms with Gasteiger partial charge in [-0.05, 0) is 52.6 Å². The average molecular weight is 347 g/mol. The number of benzene rings is 1. The van der Waals surface area contributed by atoms with Crippen LogP contribution in [0.5, 0.6) is 0 Å². The van der Waals surface area contributed by atoms with Crippen LogP contribution in [-0.2, 0) is 0 Å². The summed E-state index contributed by atoms with van der Waals surface area (Å²) in [6, 6.07) is 4.72. The van der Waals surface area contributed by atoms with Crippen LogP contribution in [0.4, 0.5) is 10.1 Å². The molecule has 0 saturated carbocycles. The molecule has 0 radical (unpaired) electrons. The molecule has 0 unspecified atom stereocenters. The van der Waals surface area contributed by atoms with Gasteiger partial charge in [0.1, 0.15) is 5.82 Å². The molecule has 0 saturated heterocycles. The summed E-state index contributed by atoms with van der Waals surface area (Å²) >= 11 is 3.15. The second-order valence-corrected chi connectivity index (χ2v) is 5.11. The minimum absolute atomic E-state index is 0.284. The lowest BCUT2D eigenvalue weighted by Crippen LogP contribution is -1.93. The number of nitrogen functional groups attached to an aromatic ring is 1. The van der Waals surface area contributed by atoms with Crippen molar-refractivity contribution in [3.05, 3.63) is 40.0 Å². The van der Waals surface area contributed by atoms with Crippen LogP contribution < -0.4 is 5.73 Å². The molecule has 0 spiro atoms. The second kappa shape index (κ2) is 4.96. The van der Waals surface area contributed by atoms with Crippen LogP contribution >= 0.6 is 34.4 Å². The van der Waals surface area contributed by atoms with Crippen molar-refractivity contribution in [1.29, 1.82) is 0 Å². The Morgan fingerprint density at radius 3 is 2.62 bits per heavy atom. The molecule has 0 atom stereocenters. The van der Waals surface area contributed by atoms with E-state index >= 15 is 0 Å². The van der Waals surface area contributed by atoms with Crippen molar-refractivity contribution in [1.82, 2.24) is 9.97 Å². The van der Waals surface area contributed by atoms with E-state index < -0.39 is 0 Å². The first-order valence-electron chi connectivity index (χ1n) is 4.36. The van der Waals surface area contributed by atoms with Gasteiger partial charge in [0.25, 0.3) is 0 Å². The highest BCUT2D eigenvalue weighted by Gasteiger charge is 2.08. The zero-order valence-corrected chi connectivity index (χ0v) is 11.0. The van der Waals surface area contributed by atoms with Gasteiger partial charge in [0.2, 0.25) is 0 Å². The highest BCUT2D eigenvalue weighted by Crippen LogP contribution is 2.31. The van der Waals surface area contributed by atoms with Crippen molar-refractivity contribution < 1.29 is 4.39 Å². The normalized spacial score (nSPS) is 10.4. The molecule has 2 N–H and O–H groups in total. The zero-order valence-electron chi connectivity index (χ0n) is 8.02. The molecule has 1 heterocycles. The Morgan fingerprint density at radius 2 is 1.94 bits per heavy atom. The maximum Gasteiger partial charge on any atom is 0.192 e. The molecular formula is C10H7FIN3S. The lowest BCUT2D eigenvalue weighted by atomic mass is 10.3. The molecule has 16 heavy (non-hydrogen) atoms. The van der Waals surface area contributed by atoms with Crippen LogP contribution in [0.25, 0.3) is 0 Å². The van der Waals surface area contributed by atoms with Gasteiger partial charge in [0.15, 0.2) is 5.16 Å². The van der Waals surface area contributed by atoms with Crippen molar-refractivity contribution >= 4 is 40.0 Å². The number of rotatable bonds is 2. The van der Waals surface area contributed by atoms with Crippen LogP contribution in [0.15, 0.2) is 40.6 Å². The van der Waals surface area contributed by atoms with E-state index in [9.17, 15) is 4.39 Å². The fourth-order valence-corrected chi connectivity index (χ4v) is 2.32. The summed E-state index contributed by atoms with van der Waals surface area (Å²) < 4.78 is 13.9. The molecule has 82 valence electrons. The minimum atomic E-state index is -0.284. The quantitative estimate of drug-likeness (QED) is 0.516. The number of nitrogens with two attached hydrogens (primary N) is 1. The van der Waals surface area contributed by atoms with E-state index in [1.807, 2.05) is 22.6 Å². The van der Waals surface area contributed by atoms with Crippen molar-refractivity contribution in [3.8, 4) is 0 Å². The molecule has 2 rings (SSSR count). The monoisotopic (exact) mass is 347 g/mol. The molecule has 6 heteroatoms. The highest BCUT2D eigenvalue weighted by atomic mass is 127. The second-order valence-electron chi connectivity index (χ2n) is 2.94. The summed E-state index contributed by atoms with van der Waals surface area (Å²) in [5, 5.41) is 0.551. The van der Waals surface area contributed by atoms with Gasteiger partial charge in [-0.15, -0.1) is 0 Å². The largest absolute Gasteiger partial charge is 0.398 e. The smallest absolute Gasteiger partial charge is 0.192 e. The van der Waals surface area contributed by atoms with Gasteiger partial charge in [-0.2, -0.15) is 0 Å². The molecule has 0 aliphatic heterocycles. The summed E-state index contributed by atoms with van der Waals surface area (Å²) in [4.78, 5) is 8.71. The molecule has 0 amide bonds. The van der Waals surface area contributed by atoms with E-state index in [1.54, 1.807) is 24.5 Å². The van der Waals surface area contributed by atoms with Gasteiger partial charge in [0, 0.05) is 23.0 Å². The molecule has 3 nitrogen and oxygen atoms in total. The Hall–Kier alpha value is -0.890. The average Bonchev–Trinajstić information content (AvgIpc) is 2.27. The highest BCUT2D eigenvalue weighted by molar-refractivity contribution is 14.1. The van der Waals surface area contributed by atoms with E-state index in [4.69, 9.17) is 5.73 Å². The van der Waals surface area contributed by atoms with Crippen LogP contribution in [0.1, 0.15) is 0 Å². The Balaban J connectivity index is 2.32. The molecule has 1 aromatic heterocycles. The molecule has 0 aliphatic rings. The van der Waals surface area contributed by atoms with E-state index in [2.05, 4.69) is 9.97 Å². The summed E-state index contributed by atoms with van der Waals surface area (Å²) in [5.74, 6) is -0.284. The standard InChI is InChI=1S/C10H7FIN3S/c11-6-4-9(8(13)5-7(6)12)16-10-14-2-1-3-15-10/h1-5H,13H2. The molecule has 1 aromatic carbocycles. The van der Waals surface area contributed by atoms with Gasteiger partial charge in [-0.25, -0.2) is 14.4 Å². The zero-order chi connectivity index (χ0) is 11.5. The van der Waals surface area contributed by atoms with Crippen LogP contribution in [0, 0.1) is 9.39 Å². The summed E-state index contributed by atoms with van der Waals surface area (Å²) in [6.45, 7) is 0. The lowest BCUT2D eigenvalue weighted by Gasteiger charge is -2.05. The first-order chi connectivity index (χ1) is 7.66. The number of hydrogen-bond acceptors (Lipinski definition) is 4. The van der Waals surface area contributed by atoms with Gasteiger partial charge in [-0.3, -0.25) is 0 Å². The first-order valence-corrected chi connectivity index (χ1v) is 6.26. The van der Waals surface area contributed by atoms with Gasteiger partial charge < -0.3 is 5.73 Å². The molecule has 2 aromatic rings. The van der Waals surface area contributed by atoms with Gasteiger partial charge >= 0.3 is 0 Å². The Morgan fingerprint density at radius 1 is 1.25 bits per heavy atom. The summed E-state index contributed by atoms with van der Waals surface area (Å²) in [7, 11) is 0. The summed E-state index contributed by atoms with van der Waals surface area (Å²) in [6.07, 6.45) is 3.27. The molecule has 0 fully saturated rings. The number of halogens is 2. The Kier molecular flexibility index (Phi) is 3.59. The Labute approximate surface area is 110 Å². The molecule has 0 aliphatic carbocycles. The lowest BCUT2D eigenvalue weighted by molar-refractivity contribution is 0.617. The number of nitrogens with zero attached hydrogens (tertiary/aromatic N) is 2. The van der Waals surface area contributed by atoms with Crippen molar-refractivity contribution in [2.45, 2.75) is 10.1 Å². The topological polar surface area (TPSA) is 51.8 Å². The van der Waals surface area contributed by atoms with Crippen molar-refractivity contribution in [3.63, 3.8) is 0 Å². The van der Waals surface area contributed by atoms with E-state index in [-0.39, 0.29) is 5.82 Å². The van der Waals surface area contributed by atoms with Gasteiger partial charge in [-0.1, -0.05) is 0 Å². The maximum atomic E-state index is 13.3. The number of aromatic nitrogens is 2. The Bertz CT molecular complexity index is 507. The SMILES string of the molecule is Nc1cc(I)c(F)cc1Sc1ncccn1. The van der Waals surface area contributed by atoms with E-state index in [0.717, 1.165) is 0 Å². The third-order valence-corrected chi connectivity index (χ3v) is 3.59. The van der Waals surface area contributed by atoms with Crippen LogP contribution in [-0.4, -0.2) is 9.97 Å². The van der Waals surface area contributed by atoms with E-state index in [1.165, 1.54) is 17.8 Å². The van der Waals surface area contributed by atoms with Crippen LogP contribution in [0.3, 0.4) is 0 Å². The third-order valence-electron chi connectivity index (χ3n) is 1.80. The van der Waals surface area contributed by atoms with E-state index in [0.29, 0.717) is 19.3 Å². The fraction of sp³-hybridized carbons (Fsp3) is 0. The van der Waals surface area contributed by atoms with Crippen molar-refractivity contribution in [2.75, 3.05) is 5.73 Å².